The molecule has 1 aromatic heterocycles. The Hall–Kier alpha value is -0.380. The Morgan fingerprint density at radius 2 is 2.43 bits per heavy atom. The van der Waals surface area contributed by atoms with Crippen LogP contribution in [-0.2, 0) is 4.74 Å². The van der Waals surface area contributed by atoms with Crippen LogP contribution in [-0.4, -0.2) is 19.8 Å². The summed E-state index contributed by atoms with van der Waals surface area (Å²) in [6, 6.07) is 4.75. The molecule has 2 heterocycles. The Kier molecular flexibility index (Phi) is 2.91. The largest absolute Gasteiger partial charge is 0.380 e. The molecule has 0 saturated carbocycles. The number of hydrogen-bond donors (Lipinski definition) is 1. The molecule has 1 atom stereocenters. The van der Waals surface area contributed by atoms with E-state index in [0.717, 1.165) is 19.8 Å². The number of rotatable bonds is 4. The molecule has 1 saturated heterocycles. The normalized spacial score (nSPS) is 21.6. The summed E-state index contributed by atoms with van der Waals surface area (Å²) in [5.41, 5.74) is 0.367. The molecule has 0 aliphatic carbocycles. The minimum atomic E-state index is 0.367. The van der Waals surface area contributed by atoms with E-state index in [1.54, 1.807) is 0 Å². The van der Waals surface area contributed by atoms with Crippen LogP contribution >= 0.6 is 11.3 Å². The Balaban J connectivity index is 1.80. The van der Waals surface area contributed by atoms with Gasteiger partial charge in [0.1, 0.15) is 0 Å². The summed E-state index contributed by atoms with van der Waals surface area (Å²) in [4.78, 5) is 1.41. The van der Waals surface area contributed by atoms with Crippen molar-refractivity contribution < 1.29 is 4.74 Å². The van der Waals surface area contributed by atoms with E-state index >= 15 is 0 Å². The quantitative estimate of drug-likeness (QED) is 0.826. The first-order chi connectivity index (χ1) is 6.70. The summed E-state index contributed by atoms with van der Waals surface area (Å²) >= 11 is 1.81. The molecular weight excluding hydrogens is 194 g/mol. The van der Waals surface area contributed by atoms with Gasteiger partial charge in [-0.3, -0.25) is 0 Å². The number of nitrogens with one attached hydrogen (secondary N) is 1. The zero-order chi connectivity index (χ0) is 10.0. The maximum absolute atomic E-state index is 5.22. The predicted octanol–water partition coefficient (Wildman–Crippen LogP) is 2.44. The topological polar surface area (TPSA) is 21.3 Å². The minimum Gasteiger partial charge on any atom is -0.380 e. The van der Waals surface area contributed by atoms with Gasteiger partial charge < -0.3 is 10.1 Å². The monoisotopic (exact) mass is 211 g/mol. The fourth-order valence-electron chi connectivity index (χ4n) is 1.59. The number of thiophene rings is 1. The van der Waals surface area contributed by atoms with Crippen molar-refractivity contribution in [3.8, 4) is 0 Å². The van der Waals surface area contributed by atoms with Crippen molar-refractivity contribution in [2.75, 3.05) is 19.8 Å². The molecule has 1 fully saturated rings. The van der Waals surface area contributed by atoms with E-state index in [2.05, 4.69) is 36.7 Å². The van der Waals surface area contributed by atoms with Gasteiger partial charge in [-0.2, -0.15) is 0 Å². The molecule has 1 N–H and O–H groups in total. The van der Waals surface area contributed by atoms with Gasteiger partial charge >= 0.3 is 0 Å². The molecular formula is C11H17NOS. The molecule has 3 heteroatoms. The summed E-state index contributed by atoms with van der Waals surface area (Å²) in [5, 5.41) is 5.68. The van der Waals surface area contributed by atoms with Crippen molar-refractivity contribution in [3.63, 3.8) is 0 Å². The van der Waals surface area contributed by atoms with Crippen LogP contribution in [0.15, 0.2) is 17.5 Å². The molecule has 0 radical (unpaired) electrons. The molecule has 0 amide bonds. The Labute approximate surface area is 89.3 Å². The highest BCUT2D eigenvalue weighted by Crippen LogP contribution is 2.27. The molecule has 1 aliphatic heterocycles. The predicted molar refractivity (Wildman–Crippen MR) is 59.7 cm³/mol. The summed E-state index contributed by atoms with van der Waals surface area (Å²) < 4.78 is 5.22. The highest BCUT2D eigenvalue weighted by atomic mass is 32.1. The van der Waals surface area contributed by atoms with Gasteiger partial charge in [-0.05, 0) is 18.4 Å². The maximum Gasteiger partial charge on any atom is 0.0554 e. The maximum atomic E-state index is 5.22. The minimum absolute atomic E-state index is 0.367. The number of hydrogen-bond acceptors (Lipinski definition) is 3. The van der Waals surface area contributed by atoms with Gasteiger partial charge in [0.05, 0.1) is 13.2 Å². The molecule has 0 spiro atoms. The van der Waals surface area contributed by atoms with Crippen LogP contribution < -0.4 is 5.32 Å². The first kappa shape index (κ1) is 10.1. The van der Waals surface area contributed by atoms with E-state index in [9.17, 15) is 0 Å². The first-order valence-corrected chi connectivity index (χ1v) is 5.92. The summed E-state index contributed by atoms with van der Waals surface area (Å²) in [6.07, 6.45) is 0. The summed E-state index contributed by atoms with van der Waals surface area (Å²) in [5.74, 6) is 0. The van der Waals surface area contributed by atoms with Crippen LogP contribution in [0.1, 0.15) is 24.8 Å². The zero-order valence-corrected chi connectivity index (χ0v) is 9.56. The van der Waals surface area contributed by atoms with Crippen LogP contribution in [0, 0.1) is 5.41 Å². The van der Waals surface area contributed by atoms with Crippen molar-refractivity contribution in [2.24, 2.45) is 5.41 Å². The lowest BCUT2D eigenvalue weighted by Gasteiger charge is -2.38. The van der Waals surface area contributed by atoms with Crippen LogP contribution in [0.5, 0.6) is 0 Å². The van der Waals surface area contributed by atoms with Gasteiger partial charge in [0.15, 0.2) is 0 Å². The van der Waals surface area contributed by atoms with Crippen molar-refractivity contribution in [3.05, 3.63) is 22.4 Å². The van der Waals surface area contributed by atoms with E-state index in [0.29, 0.717) is 11.5 Å². The average molecular weight is 211 g/mol. The van der Waals surface area contributed by atoms with Gasteiger partial charge in [-0.25, -0.2) is 0 Å². The van der Waals surface area contributed by atoms with Crippen molar-refractivity contribution in [1.29, 1.82) is 0 Å². The lowest BCUT2D eigenvalue weighted by molar-refractivity contribution is -0.0998. The molecule has 78 valence electrons. The van der Waals surface area contributed by atoms with Gasteiger partial charge in [0, 0.05) is 22.9 Å². The molecule has 14 heavy (non-hydrogen) atoms. The molecule has 0 unspecified atom stereocenters. The first-order valence-electron chi connectivity index (χ1n) is 5.04. The Morgan fingerprint density at radius 1 is 1.64 bits per heavy atom. The molecule has 0 bridgehead atoms. The van der Waals surface area contributed by atoms with E-state index < -0.39 is 0 Å². The second kappa shape index (κ2) is 4.01. The summed E-state index contributed by atoms with van der Waals surface area (Å²) in [6.45, 7) is 7.33. The highest BCUT2D eigenvalue weighted by molar-refractivity contribution is 7.10. The smallest absolute Gasteiger partial charge is 0.0554 e. The van der Waals surface area contributed by atoms with Crippen LogP contribution in [0.25, 0.3) is 0 Å². The lowest BCUT2D eigenvalue weighted by Crippen LogP contribution is -2.47. The summed E-state index contributed by atoms with van der Waals surface area (Å²) in [7, 11) is 0. The van der Waals surface area contributed by atoms with Crippen molar-refractivity contribution >= 4 is 11.3 Å². The Morgan fingerprint density at radius 3 is 2.93 bits per heavy atom. The number of ether oxygens (including phenoxy) is 1. The van der Waals surface area contributed by atoms with E-state index in [1.165, 1.54) is 4.88 Å². The standard InChI is InChI=1S/C11H17NOS/c1-9(10-4-3-5-14-10)12-6-11(2)7-13-8-11/h3-5,9,12H,6-8H2,1-2H3/t9-/m0/s1. The van der Waals surface area contributed by atoms with Gasteiger partial charge in [-0.1, -0.05) is 13.0 Å². The lowest BCUT2D eigenvalue weighted by atomic mass is 9.88. The molecule has 0 aromatic carbocycles. The third-order valence-corrected chi connectivity index (χ3v) is 3.76. The fourth-order valence-corrected chi connectivity index (χ4v) is 2.35. The molecule has 1 aliphatic rings. The van der Waals surface area contributed by atoms with Crippen LogP contribution in [0.2, 0.25) is 0 Å². The second-order valence-electron chi connectivity index (χ2n) is 4.42. The molecule has 2 nitrogen and oxygen atoms in total. The van der Waals surface area contributed by atoms with Gasteiger partial charge in [0.2, 0.25) is 0 Å². The van der Waals surface area contributed by atoms with E-state index in [-0.39, 0.29) is 0 Å². The average Bonchev–Trinajstić information content (AvgIpc) is 2.63. The SMILES string of the molecule is C[C@H](NCC1(C)COC1)c1cccs1. The third-order valence-electron chi connectivity index (χ3n) is 2.71. The Bertz CT molecular complexity index is 279. The van der Waals surface area contributed by atoms with Crippen molar-refractivity contribution in [2.45, 2.75) is 19.9 Å². The van der Waals surface area contributed by atoms with Gasteiger partial charge in [0.25, 0.3) is 0 Å². The van der Waals surface area contributed by atoms with Gasteiger partial charge in [-0.15, -0.1) is 11.3 Å². The van der Waals surface area contributed by atoms with Crippen LogP contribution in [0.4, 0.5) is 0 Å². The van der Waals surface area contributed by atoms with Crippen molar-refractivity contribution in [1.82, 2.24) is 5.32 Å². The third kappa shape index (κ3) is 2.16. The van der Waals surface area contributed by atoms with Crippen LogP contribution in [0.3, 0.4) is 0 Å². The zero-order valence-electron chi connectivity index (χ0n) is 8.75. The fraction of sp³-hybridized carbons (Fsp3) is 0.636. The van der Waals surface area contributed by atoms with E-state index in [4.69, 9.17) is 4.74 Å². The van der Waals surface area contributed by atoms with E-state index in [1.807, 2.05) is 11.3 Å². The molecule has 2 rings (SSSR count). The highest BCUT2D eigenvalue weighted by Gasteiger charge is 2.33. The molecule has 1 aromatic rings. The second-order valence-corrected chi connectivity index (χ2v) is 5.40.